The van der Waals surface area contributed by atoms with Gasteiger partial charge in [-0.1, -0.05) is 6.92 Å². The largest absolute Gasteiger partial charge is 0.501 e. The minimum atomic E-state index is 0.0784. The number of rotatable bonds is 5. The Balaban J connectivity index is 2.96. The van der Waals surface area contributed by atoms with Gasteiger partial charge >= 0.3 is 0 Å². The van der Waals surface area contributed by atoms with Gasteiger partial charge in [0.1, 0.15) is 0 Å². The summed E-state index contributed by atoms with van der Waals surface area (Å²) in [4.78, 5) is 15.6. The number of pyridine rings is 1. The van der Waals surface area contributed by atoms with Gasteiger partial charge in [0.15, 0.2) is 5.78 Å². The van der Waals surface area contributed by atoms with Crippen molar-refractivity contribution in [3.8, 4) is 0 Å². The zero-order valence-corrected chi connectivity index (χ0v) is 9.06. The standard InChI is InChI=1S/C12H15NO2/c1-3-12(14)11(9-15-4-2)10-5-7-13-8-6-10/h5-9H,3-4H2,1-2H3/b11-9+. The number of hydrogen-bond acceptors (Lipinski definition) is 3. The molecule has 0 saturated carbocycles. The molecule has 0 saturated heterocycles. The summed E-state index contributed by atoms with van der Waals surface area (Å²) in [6.07, 6.45) is 5.33. The molecule has 1 rings (SSSR count). The topological polar surface area (TPSA) is 39.2 Å². The van der Waals surface area contributed by atoms with Crippen LogP contribution in [-0.4, -0.2) is 17.4 Å². The van der Waals surface area contributed by atoms with Crippen LogP contribution in [0.3, 0.4) is 0 Å². The Morgan fingerprint density at radius 1 is 1.40 bits per heavy atom. The third-order valence-electron chi connectivity index (χ3n) is 1.98. The fourth-order valence-corrected chi connectivity index (χ4v) is 1.18. The number of ketones is 1. The molecule has 0 radical (unpaired) electrons. The van der Waals surface area contributed by atoms with Crippen LogP contribution >= 0.6 is 0 Å². The quantitative estimate of drug-likeness (QED) is 0.547. The first kappa shape index (κ1) is 11.4. The molecule has 0 aromatic carbocycles. The molecule has 0 bridgehead atoms. The average molecular weight is 205 g/mol. The van der Waals surface area contributed by atoms with Crippen molar-refractivity contribution in [2.45, 2.75) is 20.3 Å². The molecule has 80 valence electrons. The summed E-state index contributed by atoms with van der Waals surface area (Å²) in [5.74, 6) is 0.0784. The normalized spacial score (nSPS) is 11.2. The van der Waals surface area contributed by atoms with Gasteiger partial charge in [0.05, 0.1) is 18.4 Å². The number of hydrogen-bond donors (Lipinski definition) is 0. The van der Waals surface area contributed by atoms with Gasteiger partial charge in [0, 0.05) is 18.8 Å². The number of aromatic nitrogens is 1. The molecule has 3 nitrogen and oxygen atoms in total. The molecule has 0 aliphatic carbocycles. The summed E-state index contributed by atoms with van der Waals surface area (Å²) in [6.45, 7) is 4.28. The second kappa shape index (κ2) is 5.96. The van der Waals surface area contributed by atoms with E-state index in [1.165, 1.54) is 6.26 Å². The highest BCUT2D eigenvalue weighted by atomic mass is 16.5. The number of Topliss-reactive ketones (excluding diaryl/α,β-unsaturated/α-hetero) is 1. The monoisotopic (exact) mass is 205 g/mol. The Kier molecular flexibility index (Phi) is 4.54. The summed E-state index contributed by atoms with van der Waals surface area (Å²) >= 11 is 0. The van der Waals surface area contributed by atoms with E-state index in [4.69, 9.17) is 4.74 Å². The van der Waals surface area contributed by atoms with Gasteiger partial charge in [-0.25, -0.2) is 0 Å². The maximum Gasteiger partial charge on any atom is 0.166 e. The summed E-state index contributed by atoms with van der Waals surface area (Å²) in [6, 6.07) is 3.61. The van der Waals surface area contributed by atoms with Crippen LogP contribution in [-0.2, 0) is 9.53 Å². The van der Waals surface area contributed by atoms with Crippen molar-refractivity contribution in [2.75, 3.05) is 6.61 Å². The predicted octanol–water partition coefficient (Wildman–Crippen LogP) is 2.44. The molecule has 1 aromatic rings. The van der Waals surface area contributed by atoms with E-state index in [0.717, 1.165) is 5.56 Å². The van der Waals surface area contributed by atoms with Gasteiger partial charge in [-0.2, -0.15) is 0 Å². The van der Waals surface area contributed by atoms with E-state index in [1.807, 2.05) is 13.8 Å². The fourth-order valence-electron chi connectivity index (χ4n) is 1.18. The van der Waals surface area contributed by atoms with Crippen molar-refractivity contribution in [2.24, 2.45) is 0 Å². The lowest BCUT2D eigenvalue weighted by atomic mass is 10.0. The summed E-state index contributed by atoms with van der Waals surface area (Å²) < 4.78 is 5.17. The van der Waals surface area contributed by atoms with E-state index in [1.54, 1.807) is 24.5 Å². The summed E-state index contributed by atoms with van der Waals surface area (Å²) in [5, 5.41) is 0. The highest BCUT2D eigenvalue weighted by Crippen LogP contribution is 2.15. The van der Waals surface area contributed by atoms with Crippen LogP contribution in [0, 0.1) is 0 Å². The predicted molar refractivity (Wildman–Crippen MR) is 59.1 cm³/mol. The van der Waals surface area contributed by atoms with E-state index in [0.29, 0.717) is 18.6 Å². The van der Waals surface area contributed by atoms with E-state index in [-0.39, 0.29) is 5.78 Å². The van der Waals surface area contributed by atoms with E-state index in [2.05, 4.69) is 4.98 Å². The fraction of sp³-hybridized carbons (Fsp3) is 0.333. The first-order valence-corrected chi connectivity index (χ1v) is 5.05. The van der Waals surface area contributed by atoms with Crippen molar-refractivity contribution in [3.05, 3.63) is 36.4 Å². The van der Waals surface area contributed by atoms with Gasteiger partial charge in [0.2, 0.25) is 0 Å². The smallest absolute Gasteiger partial charge is 0.166 e. The second-order valence-corrected chi connectivity index (χ2v) is 3.00. The van der Waals surface area contributed by atoms with Crippen LogP contribution in [0.15, 0.2) is 30.8 Å². The van der Waals surface area contributed by atoms with Gasteiger partial charge in [0.25, 0.3) is 0 Å². The van der Waals surface area contributed by atoms with Crippen molar-refractivity contribution in [1.29, 1.82) is 0 Å². The molecule has 3 heteroatoms. The highest BCUT2D eigenvalue weighted by molar-refractivity contribution is 6.20. The zero-order valence-electron chi connectivity index (χ0n) is 9.06. The molecular weight excluding hydrogens is 190 g/mol. The third-order valence-corrected chi connectivity index (χ3v) is 1.98. The van der Waals surface area contributed by atoms with Crippen LogP contribution in [0.2, 0.25) is 0 Å². The SMILES string of the molecule is CCO/C=C(/C(=O)CC)c1ccncc1. The second-order valence-electron chi connectivity index (χ2n) is 3.00. The molecule has 0 aliphatic heterocycles. The highest BCUT2D eigenvalue weighted by Gasteiger charge is 2.09. The first-order valence-electron chi connectivity index (χ1n) is 5.05. The Labute approximate surface area is 89.8 Å². The number of ether oxygens (including phenoxy) is 1. The lowest BCUT2D eigenvalue weighted by Crippen LogP contribution is -2.01. The molecule has 0 spiro atoms. The van der Waals surface area contributed by atoms with Crippen molar-refractivity contribution in [1.82, 2.24) is 4.98 Å². The van der Waals surface area contributed by atoms with Gasteiger partial charge in [-0.15, -0.1) is 0 Å². The third kappa shape index (κ3) is 3.20. The molecule has 0 unspecified atom stereocenters. The van der Waals surface area contributed by atoms with Crippen LogP contribution < -0.4 is 0 Å². The first-order chi connectivity index (χ1) is 7.29. The Morgan fingerprint density at radius 2 is 2.07 bits per heavy atom. The Bertz CT molecular complexity index is 344. The molecule has 0 atom stereocenters. The average Bonchev–Trinajstić information content (AvgIpc) is 2.30. The number of nitrogens with zero attached hydrogens (tertiary/aromatic N) is 1. The summed E-state index contributed by atoms with van der Waals surface area (Å²) in [5.41, 5.74) is 1.46. The number of carbonyl (C=O) groups is 1. The van der Waals surface area contributed by atoms with Gasteiger partial charge < -0.3 is 4.74 Å². The lowest BCUT2D eigenvalue weighted by Gasteiger charge is -2.05. The van der Waals surface area contributed by atoms with Crippen LogP contribution in [0.1, 0.15) is 25.8 Å². The van der Waals surface area contributed by atoms with E-state index < -0.39 is 0 Å². The number of carbonyl (C=O) groups excluding carboxylic acids is 1. The molecule has 0 N–H and O–H groups in total. The van der Waals surface area contributed by atoms with Crippen molar-refractivity contribution >= 4 is 11.4 Å². The molecule has 15 heavy (non-hydrogen) atoms. The zero-order chi connectivity index (χ0) is 11.1. The molecule has 1 heterocycles. The molecule has 0 amide bonds. The van der Waals surface area contributed by atoms with Gasteiger partial charge in [-0.05, 0) is 24.6 Å². The van der Waals surface area contributed by atoms with Crippen molar-refractivity contribution in [3.63, 3.8) is 0 Å². The Hall–Kier alpha value is -1.64. The maximum absolute atomic E-state index is 11.6. The van der Waals surface area contributed by atoms with E-state index in [9.17, 15) is 4.79 Å². The van der Waals surface area contributed by atoms with Gasteiger partial charge in [-0.3, -0.25) is 9.78 Å². The van der Waals surface area contributed by atoms with Crippen LogP contribution in [0.5, 0.6) is 0 Å². The molecule has 0 aliphatic rings. The van der Waals surface area contributed by atoms with Crippen LogP contribution in [0.4, 0.5) is 0 Å². The number of allylic oxidation sites excluding steroid dienone is 1. The molecule has 1 aromatic heterocycles. The van der Waals surface area contributed by atoms with E-state index >= 15 is 0 Å². The maximum atomic E-state index is 11.6. The van der Waals surface area contributed by atoms with Crippen LogP contribution in [0.25, 0.3) is 5.57 Å². The molecular formula is C12H15NO2. The lowest BCUT2D eigenvalue weighted by molar-refractivity contribution is -0.113. The minimum Gasteiger partial charge on any atom is -0.501 e. The minimum absolute atomic E-state index is 0.0784. The Morgan fingerprint density at radius 3 is 2.60 bits per heavy atom. The summed E-state index contributed by atoms with van der Waals surface area (Å²) in [7, 11) is 0. The van der Waals surface area contributed by atoms with Crippen molar-refractivity contribution < 1.29 is 9.53 Å². The molecule has 0 fully saturated rings.